The number of unbranched alkanes of at least 4 members (excludes halogenated alkanes) is 3. The number of esters is 1. The predicted octanol–water partition coefficient (Wildman–Crippen LogP) is 4.02. The van der Waals surface area contributed by atoms with E-state index in [0.29, 0.717) is 6.61 Å². The van der Waals surface area contributed by atoms with Crippen molar-refractivity contribution >= 4 is 5.97 Å². The molecule has 2 nitrogen and oxygen atoms in total. The third-order valence-corrected chi connectivity index (χ3v) is 2.33. The van der Waals surface area contributed by atoms with Gasteiger partial charge in [-0.15, -0.1) is 0 Å². The third-order valence-electron chi connectivity index (χ3n) is 2.33. The molecule has 0 aromatic heterocycles. The Morgan fingerprint density at radius 1 is 1.19 bits per heavy atom. The minimum atomic E-state index is -0.169. The highest BCUT2D eigenvalue weighted by molar-refractivity contribution is 5.88. The number of hydrogen-bond donors (Lipinski definition) is 0. The van der Waals surface area contributed by atoms with Crippen LogP contribution in [-0.2, 0) is 9.53 Å². The third kappa shape index (κ3) is 7.27. The molecule has 0 aromatic carbocycles. The Kier molecular flexibility index (Phi) is 9.78. The van der Waals surface area contributed by atoms with E-state index in [1.807, 2.05) is 32.1 Å². The highest BCUT2D eigenvalue weighted by Gasteiger charge is 2.08. The fourth-order valence-electron chi connectivity index (χ4n) is 1.43. The van der Waals surface area contributed by atoms with Crippen LogP contribution in [-0.4, -0.2) is 12.6 Å². The molecule has 0 unspecified atom stereocenters. The Balaban J connectivity index is 4.16. The molecule has 16 heavy (non-hydrogen) atoms. The van der Waals surface area contributed by atoms with Gasteiger partial charge in [-0.1, -0.05) is 44.4 Å². The SMILES string of the molecule is C/C=C/C=C(/CCCCCC)C(=O)OCC. The Bertz CT molecular complexity index is 239. The van der Waals surface area contributed by atoms with E-state index in [0.717, 1.165) is 18.4 Å². The first-order valence-corrected chi connectivity index (χ1v) is 6.25. The minimum Gasteiger partial charge on any atom is -0.463 e. The van der Waals surface area contributed by atoms with Gasteiger partial charge in [-0.2, -0.15) is 0 Å². The Morgan fingerprint density at radius 2 is 1.94 bits per heavy atom. The van der Waals surface area contributed by atoms with Gasteiger partial charge in [-0.3, -0.25) is 0 Å². The van der Waals surface area contributed by atoms with E-state index < -0.39 is 0 Å². The zero-order valence-electron chi connectivity index (χ0n) is 10.8. The van der Waals surface area contributed by atoms with Crippen LogP contribution in [0, 0.1) is 0 Å². The summed E-state index contributed by atoms with van der Waals surface area (Å²) in [7, 11) is 0. The maximum atomic E-state index is 11.6. The standard InChI is InChI=1S/C14H24O2/c1-4-7-9-10-12-13(11-8-5-2)14(15)16-6-3/h5,8,11H,4,6-7,9-10,12H2,1-3H3/b8-5+,13-11-. The van der Waals surface area contributed by atoms with E-state index >= 15 is 0 Å². The first-order valence-electron chi connectivity index (χ1n) is 6.25. The fraction of sp³-hybridized carbons (Fsp3) is 0.643. The van der Waals surface area contributed by atoms with Crippen LogP contribution in [0.3, 0.4) is 0 Å². The number of carbonyl (C=O) groups excluding carboxylic acids is 1. The van der Waals surface area contributed by atoms with Gasteiger partial charge in [0, 0.05) is 5.57 Å². The number of hydrogen-bond acceptors (Lipinski definition) is 2. The van der Waals surface area contributed by atoms with Gasteiger partial charge < -0.3 is 4.74 Å². The second-order valence-corrected chi connectivity index (χ2v) is 3.75. The Labute approximate surface area is 99.4 Å². The van der Waals surface area contributed by atoms with Gasteiger partial charge >= 0.3 is 5.97 Å². The lowest BCUT2D eigenvalue weighted by molar-refractivity contribution is -0.138. The van der Waals surface area contributed by atoms with Crippen LogP contribution in [0.1, 0.15) is 52.9 Å². The summed E-state index contributed by atoms with van der Waals surface area (Å²) in [5, 5.41) is 0. The van der Waals surface area contributed by atoms with E-state index in [9.17, 15) is 4.79 Å². The van der Waals surface area contributed by atoms with Crippen molar-refractivity contribution in [2.75, 3.05) is 6.61 Å². The van der Waals surface area contributed by atoms with Gasteiger partial charge in [0.25, 0.3) is 0 Å². The van der Waals surface area contributed by atoms with Crippen molar-refractivity contribution in [3.05, 3.63) is 23.8 Å². The van der Waals surface area contributed by atoms with E-state index in [2.05, 4.69) is 6.92 Å². The summed E-state index contributed by atoms with van der Waals surface area (Å²) in [6.45, 7) is 6.40. The largest absolute Gasteiger partial charge is 0.463 e. The van der Waals surface area contributed by atoms with Gasteiger partial charge in [0.15, 0.2) is 0 Å². The lowest BCUT2D eigenvalue weighted by Gasteiger charge is -2.05. The molecule has 0 saturated heterocycles. The quantitative estimate of drug-likeness (QED) is 0.269. The summed E-state index contributed by atoms with van der Waals surface area (Å²) >= 11 is 0. The summed E-state index contributed by atoms with van der Waals surface area (Å²) < 4.78 is 5.02. The summed E-state index contributed by atoms with van der Waals surface area (Å²) in [6.07, 6.45) is 11.2. The van der Waals surface area contributed by atoms with Crippen molar-refractivity contribution in [3.63, 3.8) is 0 Å². The molecule has 0 aromatic rings. The van der Waals surface area contributed by atoms with Gasteiger partial charge in [0.05, 0.1) is 6.61 Å². The van der Waals surface area contributed by atoms with Crippen molar-refractivity contribution in [1.82, 2.24) is 0 Å². The number of rotatable bonds is 8. The molecule has 0 N–H and O–H groups in total. The van der Waals surface area contributed by atoms with Crippen LogP contribution in [0.2, 0.25) is 0 Å². The molecule has 0 radical (unpaired) electrons. The highest BCUT2D eigenvalue weighted by Crippen LogP contribution is 2.12. The highest BCUT2D eigenvalue weighted by atomic mass is 16.5. The summed E-state index contributed by atoms with van der Waals surface area (Å²) in [5.41, 5.74) is 0.788. The molecule has 92 valence electrons. The normalized spacial score (nSPS) is 12.1. The molecule has 0 fully saturated rings. The maximum Gasteiger partial charge on any atom is 0.333 e. The molecule has 0 aliphatic rings. The predicted molar refractivity (Wildman–Crippen MR) is 68.3 cm³/mol. The van der Waals surface area contributed by atoms with Crippen molar-refractivity contribution in [2.45, 2.75) is 52.9 Å². The van der Waals surface area contributed by atoms with Gasteiger partial charge in [0.2, 0.25) is 0 Å². The molecule has 0 aliphatic carbocycles. The number of carbonyl (C=O) groups is 1. The summed E-state index contributed by atoms with van der Waals surface area (Å²) in [6, 6.07) is 0. The van der Waals surface area contributed by atoms with E-state index in [1.54, 1.807) is 0 Å². The first-order chi connectivity index (χ1) is 7.76. The van der Waals surface area contributed by atoms with Gasteiger partial charge in [-0.05, 0) is 26.7 Å². The number of ether oxygens (including phenoxy) is 1. The monoisotopic (exact) mass is 224 g/mol. The minimum absolute atomic E-state index is 0.169. The smallest absolute Gasteiger partial charge is 0.333 e. The van der Waals surface area contributed by atoms with E-state index in [-0.39, 0.29) is 5.97 Å². The molecule has 0 bridgehead atoms. The first kappa shape index (κ1) is 14.9. The van der Waals surface area contributed by atoms with Crippen LogP contribution in [0.25, 0.3) is 0 Å². The molecule has 0 rings (SSSR count). The maximum absolute atomic E-state index is 11.6. The van der Waals surface area contributed by atoms with Crippen LogP contribution in [0.4, 0.5) is 0 Å². The zero-order valence-corrected chi connectivity index (χ0v) is 10.8. The summed E-state index contributed by atoms with van der Waals surface area (Å²) in [5.74, 6) is -0.169. The van der Waals surface area contributed by atoms with Gasteiger partial charge in [0.1, 0.15) is 0 Å². The van der Waals surface area contributed by atoms with Gasteiger partial charge in [-0.25, -0.2) is 4.79 Å². The lowest BCUT2D eigenvalue weighted by Crippen LogP contribution is -2.07. The van der Waals surface area contributed by atoms with E-state index in [1.165, 1.54) is 19.3 Å². The second-order valence-electron chi connectivity index (χ2n) is 3.75. The van der Waals surface area contributed by atoms with Crippen LogP contribution in [0.5, 0.6) is 0 Å². The molecule has 0 heterocycles. The molecule has 0 spiro atoms. The molecular formula is C14H24O2. The van der Waals surface area contributed by atoms with Crippen molar-refractivity contribution in [2.24, 2.45) is 0 Å². The van der Waals surface area contributed by atoms with Crippen LogP contribution >= 0.6 is 0 Å². The zero-order chi connectivity index (χ0) is 12.2. The average Bonchev–Trinajstić information content (AvgIpc) is 2.28. The molecule has 2 heteroatoms. The molecule has 0 aliphatic heterocycles. The lowest BCUT2D eigenvalue weighted by atomic mass is 10.1. The van der Waals surface area contributed by atoms with Crippen molar-refractivity contribution in [3.8, 4) is 0 Å². The fourth-order valence-corrected chi connectivity index (χ4v) is 1.43. The summed E-state index contributed by atoms with van der Waals surface area (Å²) in [4.78, 5) is 11.6. The van der Waals surface area contributed by atoms with Crippen molar-refractivity contribution in [1.29, 1.82) is 0 Å². The average molecular weight is 224 g/mol. The Morgan fingerprint density at radius 3 is 2.50 bits per heavy atom. The topological polar surface area (TPSA) is 26.3 Å². The van der Waals surface area contributed by atoms with Crippen molar-refractivity contribution < 1.29 is 9.53 Å². The molecule has 0 saturated carbocycles. The number of allylic oxidation sites excluding steroid dienone is 3. The molecular weight excluding hydrogens is 200 g/mol. The van der Waals surface area contributed by atoms with Crippen LogP contribution in [0.15, 0.2) is 23.8 Å². The molecule has 0 amide bonds. The van der Waals surface area contributed by atoms with Crippen LogP contribution < -0.4 is 0 Å². The van der Waals surface area contributed by atoms with E-state index in [4.69, 9.17) is 4.74 Å². The second kappa shape index (κ2) is 10.5. The Hall–Kier alpha value is -1.05. The molecule has 0 atom stereocenters.